The summed E-state index contributed by atoms with van der Waals surface area (Å²) in [4.78, 5) is 13.2. The van der Waals surface area contributed by atoms with Crippen LogP contribution in [-0.4, -0.2) is 17.7 Å². The Morgan fingerprint density at radius 2 is 2.05 bits per heavy atom. The number of carbonyl (C=O) groups is 1. The van der Waals surface area contributed by atoms with Crippen LogP contribution < -0.4 is 5.32 Å². The van der Waals surface area contributed by atoms with Crippen LogP contribution in [0.2, 0.25) is 0 Å². The van der Waals surface area contributed by atoms with E-state index in [9.17, 15) is 4.79 Å². The SMILES string of the molecule is O=C(CCSc1ccccc1)N[C@@H]1C[C@H]2CC[C@@H]1C2. The number of thioether (sulfide) groups is 1. The lowest BCUT2D eigenvalue weighted by atomic mass is 9.95. The van der Waals surface area contributed by atoms with Crippen LogP contribution in [0.4, 0.5) is 0 Å². The maximum absolute atomic E-state index is 11.9. The fourth-order valence-electron chi connectivity index (χ4n) is 3.48. The minimum absolute atomic E-state index is 0.237. The van der Waals surface area contributed by atoms with Crippen LogP contribution in [-0.2, 0) is 4.79 Å². The summed E-state index contributed by atoms with van der Waals surface area (Å²) in [6.45, 7) is 0. The predicted molar refractivity (Wildman–Crippen MR) is 79.2 cm³/mol. The first-order valence-electron chi connectivity index (χ1n) is 7.28. The van der Waals surface area contributed by atoms with E-state index in [1.54, 1.807) is 11.8 Å². The maximum atomic E-state index is 11.9. The molecule has 2 aliphatic rings. The predicted octanol–water partition coefficient (Wildman–Crippen LogP) is 3.47. The number of nitrogens with one attached hydrogen (secondary N) is 1. The summed E-state index contributed by atoms with van der Waals surface area (Å²) in [6.07, 6.45) is 5.93. The molecule has 0 aromatic heterocycles. The molecule has 0 spiro atoms. The molecule has 0 unspecified atom stereocenters. The van der Waals surface area contributed by atoms with E-state index in [0.29, 0.717) is 12.5 Å². The number of benzene rings is 1. The van der Waals surface area contributed by atoms with Crippen LogP contribution in [0.15, 0.2) is 35.2 Å². The fourth-order valence-corrected chi connectivity index (χ4v) is 4.35. The van der Waals surface area contributed by atoms with Gasteiger partial charge in [0.15, 0.2) is 0 Å². The van der Waals surface area contributed by atoms with Gasteiger partial charge in [-0.15, -0.1) is 11.8 Å². The van der Waals surface area contributed by atoms with Gasteiger partial charge < -0.3 is 5.32 Å². The molecule has 0 radical (unpaired) electrons. The molecule has 0 saturated heterocycles. The zero-order valence-electron chi connectivity index (χ0n) is 11.2. The molecule has 102 valence electrons. The Bertz CT molecular complexity index is 434. The lowest BCUT2D eigenvalue weighted by Crippen LogP contribution is -2.38. The van der Waals surface area contributed by atoms with Gasteiger partial charge in [-0.1, -0.05) is 24.6 Å². The second-order valence-electron chi connectivity index (χ2n) is 5.76. The first-order chi connectivity index (χ1) is 9.31. The molecule has 1 aromatic carbocycles. The largest absolute Gasteiger partial charge is 0.353 e. The molecule has 3 atom stereocenters. The molecule has 3 heteroatoms. The third-order valence-electron chi connectivity index (χ3n) is 4.43. The average Bonchev–Trinajstić information content (AvgIpc) is 3.02. The molecule has 2 fully saturated rings. The van der Waals surface area contributed by atoms with Crippen molar-refractivity contribution in [3.63, 3.8) is 0 Å². The Hall–Kier alpha value is -0.960. The molecule has 2 bridgehead atoms. The zero-order chi connectivity index (χ0) is 13.1. The van der Waals surface area contributed by atoms with Gasteiger partial charge in [-0.2, -0.15) is 0 Å². The smallest absolute Gasteiger partial charge is 0.221 e. The molecular formula is C16H21NOS. The molecule has 2 nitrogen and oxygen atoms in total. The molecule has 1 aromatic rings. The van der Waals surface area contributed by atoms with Crippen molar-refractivity contribution >= 4 is 17.7 Å². The van der Waals surface area contributed by atoms with Crippen LogP contribution in [0, 0.1) is 11.8 Å². The first kappa shape index (κ1) is 13.0. The molecule has 1 amide bonds. The summed E-state index contributed by atoms with van der Waals surface area (Å²) in [6, 6.07) is 10.8. The molecule has 0 heterocycles. The monoisotopic (exact) mass is 275 g/mol. The average molecular weight is 275 g/mol. The van der Waals surface area contributed by atoms with E-state index in [4.69, 9.17) is 0 Å². The Morgan fingerprint density at radius 1 is 1.21 bits per heavy atom. The van der Waals surface area contributed by atoms with Gasteiger partial charge in [0.05, 0.1) is 0 Å². The fraction of sp³-hybridized carbons (Fsp3) is 0.562. The quantitative estimate of drug-likeness (QED) is 0.834. The number of fused-ring (bicyclic) bond motifs is 2. The molecule has 0 aliphatic heterocycles. The summed E-state index contributed by atoms with van der Waals surface area (Å²) in [5.74, 6) is 2.78. The Kier molecular flexibility index (Phi) is 4.12. The van der Waals surface area contributed by atoms with Crippen LogP contribution >= 0.6 is 11.8 Å². The molecule has 1 N–H and O–H groups in total. The van der Waals surface area contributed by atoms with E-state index in [2.05, 4.69) is 17.4 Å². The van der Waals surface area contributed by atoms with E-state index in [1.807, 2.05) is 18.2 Å². The van der Waals surface area contributed by atoms with Crippen LogP contribution in [0.3, 0.4) is 0 Å². The minimum atomic E-state index is 0.237. The third-order valence-corrected chi connectivity index (χ3v) is 5.44. The molecule has 3 rings (SSSR count). The van der Waals surface area contributed by atoms with Gasteiger partial charge in [-0.25, -0.2) is 0 Å². The van der Waals surface area contributed by atoms with Gasteiger partial charge in [0, 0.05) is 23.1 Å². The summed E-state index contributed by atoms with van der Waals surface area (Å²) in [5.41, 5.74) is 0. The number of amides is 1. The van der Waals surface area contributed by atoms with Gasteiger partial charge in [0.2, 0.25) is 5.91 Å². The molecule has 2 aliphatic carbocycles. The van der Waals surface area contributed by atoms with E-state index in [-0.39, 0.29) is 5.91 Å². The van der Waals surface area contributed by atoms with Gasteiger partial charge in [0.25, 0.3) is 0 Å². The van der Waals surface area contributed by atoms with Crippen molar-refractivity contribution in [1.29, 1.82) is 0 Å². The Morgan fingerprint density at radius 3 is 2.74 bits per heavy atom. The number of rotatable bonds is 5. The van der Waals surface area contributed by atoms with Crippen LogP contribution in [0.25, 0.3) is 0 Å². The van der Waals surface area contributed by atoms with Crippen molar-refractivity contribution in [3.05, 3.63) is 30.3 Å². The molecule has 2 saturated carbocycles. The van der Waals surface area contributed by atoms with E-state index >= 15 is 0 Å². The second kappa shape index (κ2) is 6.00. The van der Waals surface area contributed by atoms with Crippen LogP contribution in [0.1, 0.15) is 32.1 Å². The van der Waals surface area contributed by atoms with E-state index in [0.717, 1.165) is 17.6 Å². The molecule has 19 heavy (non-hydrogen) atoms. The lowest BCUT2D eigenvalue weighted by molar-refractivity contribution is -0.121. The van der Waals surface area contributed by atoms with Crippen molar-refractivity contribution in [3.8, 4) is 0 Å². The van der Waals surface area contributed by atoms with Gasteiger partial charge in [-0.05, 0) is 43.2 Å². The lowest BCUT2D eigenvalue weighted by Gasteiger charge is -2.22. The van der Waals surface area contributed by atoms with E-state index in [1.165, 1.54) is 30.6 Å². The maximum Gasteiger partial charge on any atom is 0.221 e. The molecular weight excluding hydrogens is 254 g/mol. The van der Waals surface area contributed by atoms with Crippen molar-refractivity contribution in [1.82, 2.24) is 5.32 Å². The normalized spacial score (nSPS) is 28.5. The van der Waals surface area contributed by atoms with Crippen molar-refractivity contribution in [2.24, 2.45) is 11.8 Å². The van der Waals surface area contributed by atoms with Gasteiger partial charge in [-0.3, -0.25) is 4.79 Å². The van der Waals surface area contributed by atoms with Gasteiger partial charge in [0.1, 0.15) is 0 Å². The summed E-state index contributed by atoms with van der Waals surface area (Å²) >= 11 is 1.76. The standard InChI is InChI=1S/C16H21NOS/c18-16(8-9-19-14-4-2-1-3-5-14)17-15-11-12-6-7-13(15)10-12/h1-5,12-13,15H,6-11H2,(H,17,18)/t12-,13+,15+/m0/s1. The second-order valence-corrected chi connectivity index (χ2v) is 6.93. The summed E-state index contributed by atoms with van der Waals surface area (Å²) in [5, 5.41) is 3.24. The van der Waals surface area contributed by atoms with Crippen LogP contribution in [0.5, 0.6) is 0 Å². The zero-order valence-corrected chi connectivity index (χ0v) is 12.0. The summed E-state index contributed by atoms with van der Waals surface area (Å²) < 4.78 is 0. The summed E-state index contributed by atoms with van der Waals surface area (Å²) in [7, 11) is 0. The Labute approximate surface area is 119 Å². The van der Waals surface area contributed by atoms with Gasteiger partial charge >= 0.3 is 0 Å². The van der Waals surface area contributed by atoms with Crippen molar-refractivity contribution in [2.45, 2.75) is 43.0 Å². The highest BCUT2D eigenvalue weighted by molar-refractivity contribution is 7.99. The third kappa shape index (κ3) is 3.33. The van der Waals surface area contributed by atoms with Crippen molar-refractivity contribution in [2.75, 3.05) is 5.75 Å². The topological polar surface area (TPSA) is 29.1 Å². The first-order valence-corrected chi connectivity index (χ1v) is 8.27. The number of carbonyl (C=O) groups excluding carboxylic acids is 1. The number of hydrogen-bond acceptors (Lipinski definition) is 2. The highest BCUT2D eigenvalue weighted by atomic mass is 32.2. The minimum Gasteiger partial charge on any atom is -0.353 e. The highest BCUT2D eigenvalue weighted by Crippen LogP contribution is 2.44. The van der Waals surface area contributed by atoms with E-state index < -0.39 is 0 Å². The Balaban J connectivity index is 1.38. The van der Waals surface area contributed by atoms with Crippen molar-refractivity contribution < 1.29 is 4.79 Å². The highest BCUT2D eigenvalue weighted by Gasteiger charge is 2.39. The number of hydrogen-bond donors (Lipinski definition) is 1.